The van der Waals surface area contributed by atoms with Crippen LogP contribution in [0.5, 0.6) is 0 Å². The van der Waals surface area contributed by atoms with Crippen molar-refractivity contribution in [3.63, 3.8) is 0 Å². The lowest BCUT2D eigenvalue weighted by atomic mass is 10.1. The third-order valence-electron chi connectivity index (χ3n) is 4.28. The lowest BCUT2D eigenvalue weighted by Gasteiger charge is -2.18. The Morgan fingerprint density at radius 1 is 1.10 bits per heavy atom. The van der Waals surface area contributed by atoms with E-state index >= 15 is 0 Å². The highest BCUT2D eigenvalue weighted by Crippen LogP contribution is 2.25. The third kappa shape index (κ3) is 4.23. The molecule has 0 atom stereocenters. The summed E-state index contributed by atoms with van der Waals surface area (Å²) in [6.07, 6.45) is 4.11. The van der Waals surface area contributed by atoms with Gasteiger partial charge in [0.15, 0.2) is 0 Å². The summed E-state index contributed by atoms with van der Waals surface area (Å²) in [5, 5.41) is 3.51. The van der Waals surface area contributed by atoms with Gasteiger partial charge in [0, 0.05) is 11.3 Å². The van der Waals surface area contributed by atoms with Gasteiger partial charge in [0.1, 0.15) is 12.1 Å². The minimum atomic E-state index is -0.737. The van der Waals surface area contributed by atoms with E-state index in [1.807, 2.05) is 0 Å². The maximum Gasteiger partial charge on any atom is 0.272 e. The van der Waals surface area contributed by atoms with E-state index in [1.54, 1.807) is 26.0 Å². The molecule has 0 saturated heterocycles. The van der Waals surface area contributed by atoms with Gasteiger partial charge in [-0.25, -0.2) is 25.2 Å². The first-order valence-corrected chi connectivity index (χ1v) is 8.88. The number of carbonyl (C=O) groups excluding carboxylic acids is 2. The summed E-state index contributed by atoms with van der Waals surface area (Å²) in [5.74, 6) is 3.91. The summed E-state index contributed by atoms with van der Waals surface area (Å²) in [4.78, 5) is 33.0. The number of nitrogens with one attached hydrogen (secondary N) is 1. The second-order valence-electron chi connectivity index (χ2n) is 6.31. The molecule has 29 heavy (non-hydrogen) atoms. The normalized spacial score (nSPS) is 10.5. The fourth-order valence-corrected chi connectivity index (χ4v) is 2.89. The molecule has 3 rings (SSSR count). The van der Waals surface area contributed by atoms with Gasteiger partial charge in [-0.2, -0.15) is 0 Å². The molecule has 7 nitrogen and oxygen atoms in total. The molecular weight excluding hydrogens is 397 g/mol. The van der Waals surface area contributed by atoms with Gasteiger partial charge < -0.3 is 5.32 Å². The van der Waals surface area contributed by atoms with Crippen molar-refractivity contribution in [2.45, 2.75) is 13.8 Å². The SMILES string of the molecule is Cc1ccc(NC(=O)c2c(F)ccc(C)c2Cl)cc1C(=O)N(N)c1cncnc1. The van der Waals surface area contributed by atoms with Crippen LogP contribution in [0.15, 0.2) is 49.1 Å². The minimum Gasteiger partial charge on any atom is -0.322 e. The molecule has 9 heteroatoms. The molecule has 2 amide bonds. The van der Waals surface area contributed by atoms with Crippen LogP contribution in [0.3, 0.4) is 0 Å². The molecule has 0 radical (unpaired) electrons. The molecule has 0 aliphatic carbocycles. The average molecular weight is 414 g/mol. The van der Waals surface area contributed by atoms with Gasteiger partial charge in [-0.3, -0.25) is 9.59 Å². The van der Waals surface area contributed by atoms with Gasteiger partial charge >= 0.3 is 0 Å². The van der Waals surface area contributed by atoms with Crippen molar-refractivity contribution in [3.8, 4) is 0 Å². The zero-order chi connectivity index (χ0) is 21.1. The quantitative estimate of drug-likeness (QED) is 0.386. The largest absolute Gasteiger partial charge is 0.322 e. The number of aromatic nitrogens is 2. The van der Waals surface area contributed by atoms with E-state index in [0.29, 0.717) is 22.5 Å². The van der Waals surface area contributed by atoms with E-state index < -0.39 is 17.6 Å². The fraction of sp³-hybridized carbons (Fsp3) is 0.100. The number of nitrogens with zero attached hydrogens (tertiary/aromatic N) is 3. The maximum absolute atomic E-state index is 14.1. The van der Waals surface area contributed by atoms with Crippen molar-refractivity contribution in [3.05, 3.63) is 82.1 Å². The number of nitrogens with two attached hydrogens (primary N) is 1. The Morgan fingerprint density at radius 2 is 1.76 bits per heavy atom. The summed E-state index contributed by atoms with van der Waals surface area (Å²) in [6, 6.07) is 7.36. The molecule has 0 aliphatic rings. The Bertz CT molecular complexity index is 1090. The zero-order valence-corrected chi connectivity index (χ0v) is 16.4. The Hall–Kier alpha value is -3.36. The van der Waals surface area contributed by atoms with Crippen molar-refractivity contribution >= 4 is 34.8 Å². The van der Waals surface area contributed by atoms with Crippen molar-refractivity contribution in [2.24, 2.45) is 5.84 Å². The number of aryl methyl sites for hydroxylation is 2. The number of hydrogen-bond acceptors (Lipinski definition) is 5. The number of halogens is 2. The lowest BCUT2D eigenvalue weighted by molar-refractivity contribution is 0.0983. The van der Waals surface area contributed by atoms with Crippen molar-refractivity contribution in [1.82, 2.24) is 9.97 Å². The van der Waals surface area contributed by atoms with E-state index in [9.17, 15) is 14.0 Å². The molecule has 2 aromatic carbocycles. The summed E-state index contributed by atoms with van der Waals surface area (Å²) in [6.45, 7) is 3.40. The van der Waals surface area contributed by atoms with E-state index in [-0.39, 0.29) is 16.1 Å². The third-order valence-corrected chi connectivity index (χ3v) is 4.77. The molecule has 0 bridgehead atoms. The molecular formula is C20H17ClFN5O2. The summed E-state index contributed by atoms with van der Waals surface area (Å²) in [5.41, 5.74) is 1.80. The van der Waals surface area contributed by atoms with Crippen molar-refractivity contribution in [1.29, 1.82) is 0 Å². The second kappa shape index (κ2) is 8.34. The predicted octanol–water partition coefficient (Wildman–Crippen LogP) is 3.66. The molecule has 3 N–H and O–H groups in total. The molecule has 1 heterocycles. The van der Waals surface area contributed by atoms with Crippen LogP contribution >= 0.6 is 11.6 Å². The van der Waals surface area contributed by atoms with E-state index in [2.05, 4.69) is 15.3 Å². The minimum absolute atomic E-state index is 0.0307. The summed E-state index contributed by atoms with van der Waals surface area (Å²) >= 11 is 6.09. The van der Waals surface area contributed by atoms with E-state index in [4.69, 9.17) is 17.4 Å². The van der Waals surface area contributed by atoms with Crippen LogP contribution in [-0.4, -0.2) is 21.8 Å². The van der Waals surface area contributed by atoms with Crippen LogP contribution in [0.25, 0.3) is 0 Å². The van der Waals surface area contributed by atoms with Gasteiger partial charge in [-0.15, -0.1) is 0 Å². The Labute approximate surface area is 171 Å². The highest BCUT2D eigenvalue weighted by Gasteiger charge is 2.20. The summed E-state index contributed by atoms with van der Waals surface area (Å²) < 4.78 is 14.1. The number of amides is 2. The molecule has 0 spiro atoms. The monoisotopic (exact) mass is 413 g/mol. The predicted molar refractivity (Wildman–Crippen MR) is 108 cm³/mol. The second-order valence-corrected chi connectivity index (χ2v) is 6.69. The number of hydrazine groups is 1. The van der Waals surface area contributed by atoms with Gasteiger partial charge in [0.2, 0.25) is 0 Å². The van der Waals surface area contributed by atoms with Crippen LogP contribution < -0.4 is 16.2 Å². The number of rotatable bonds is 4. The number of carbonyl (C=O) groups is 2. The van der Waals surface area contributed by atoms with Crippen LogP contribution in [-0.2, 0) is 0 Å². The zero-order valence-electron chi connectivity index (χ0n) is 15.6. The first kappa shape index (κ1) is 20.4. The topological polar surface area (TPSA) is 101 Å². The van der Waals surface area contributed by atoms with E-state index in [1.165, 1.54) is 36.9 Å². The molecule has 1 aromatic heterocycles. The van der Waals surface area contributed by atoms with Crippen molar-refractivity contribution < 1.29 is 14.0 Å². The molecule has 0 unspecified atom stereocenters. The molecule has 148 valence electrons. The summed E-state index contributed by atoms with van der Waals surface area (Å²) in [7, 11) is 0. The Kier molecular flexibility index (Phi) is 5.86. The van der Waals surface area contributed by atoms with E-state index in [0.717, 1.165) is 5.01 Å². The van der Waals surface area contributed by atoms with Crippen molar-refractivity contribution in [2.75, 3.05) is 10.3 Å². The molecule has 3 aromatic rings. The Balaban J connectivity index is 1.89. The lowest BCUT2D eigenvalue weighted by Crippen LogP contribution is -2.38. The Morgan fingerprint density at radius 3 is 2.45 bits per heavy atom. The number of anilines is 2. The fourth-order valence-electron chi connectivity index (χ4n) is 2.65. The molecule has 0 aliphatic heterocycles. The molecule has 0 saturated carbocycles. The standard InChI is InChI=1S/C20H17ClFN5O2/c1-11-3-5-13(26-19(28)17-16(22)6-4-12(2)18(17)21)7-15(11)20(29)27(23)14-8-24-10-25-9-14/h3-10H,23H2,1-2H3,(H,26,28). The van der Waals surface area contributed by atoms with Crippen LogP contribution in [0.2, 0.25) is 5.02 Å². The average Bonchev–Trinajstić information content (AvgIpc) is 2.72. The van der Waals surface area contributed by atoms with Gasteiger partial charge in [-0.05, 0) is 43.2 Å². The van der Waals surface area contributed by atoms with Gasteiger partial charge in [0.05, 0.1) is 28.7 Å². The molecule has 0 fully saturated rings. The van der Waals surface area contributed by atoms with Crippen LogP contribution in [0, 0.1) is 19.7 Å². The first-order valence-electron chi connectivity index (χ1n) is 8.50. The van der Waals surface area contributed by atoms with Crippen LogP contribution in [0.4, 0.5) is 15.8 Å². The van der Waals surface area contributed by atoms with Gasteiger partial charge in [0.25, 0.3) is 11.8 Å². The number of hydrogen-bond donors (Lipinski definition) is 2. The van der Waals surface area contributed by atoms with Gasteiger partial charge in [-0.1, -0.05) is 23.7 Å². The first-order chi connectivity index (χ1) is 13.8. The highest BCUT2D eigenvalue weighted by atomic mass is 35.5. The maximum atomic E-state index is 14.1. The highest BCUT2D eigenvalue weighted by molar-refractivity contribution is 6.35. The smallest absolute Gasteiger partial charge is 0.272 e. The number of benzene rings is 2. The van der Waals surface area contributed by atoms with Crippen LogP contribution in [0.1, 0.15) is 31.8 Å².